The van der Waals surface area contributed by atoms with Crippen LogP contribution in [-0.2, 0) is 17.9 Å². The second kappa shape index (κ2) is 9.95. The fourth-order valence-electron chi connectivity index (χ4n) is 2.98. The minimum absolute atomic E-state index is 0.436. The lowest BCUT2D eigenvalue weighted by molar-refractivity contribution is 0.194. The molecule has 0 amide bonds. The highest BCUT2D eigenvalue weighted by atomic mass is 35.5. The van der Waals surface area contributed by atoms with Crippen molar-refractivity contribution in [3.63, 3.8) is 0 Å². The van der Waals surface area contributed by atoms with Gasteiger partial charge < -0.3 is 14.8 Å². The zero-order valence-corrected chi connectivity index (χ0v) is 16.8. The maximum absolute atomic E-state index is 6.14. The van der Waals surface area contributed by atoms with Crippen LogP contribution in [0.15, 0.2) is 54.6 Å². The minimum Gasteiger partial charge on any atom is -0.489 e. The lowest BCUT2D eigenvalue weighted by Crippen LogP contribution is -2.17. The summed E-state index contributed by atoms with van der Waals surface area (Å²) < 4.78 is 11.2. The molecule has 0 aromatic heterocycles. The van der Waals surface area contributed by atoms with Crippen LogP contribution in [0, 0.1) is 0 Å². The minimum atomic E-state index is 0.436. The summed E-state index contributed by atoms with van der Waals surface area (Å²) in [6.07, 6.45) is 0.973. The molecule has 0 aliphatic heterocycles. The summed E-state index contributed by atoms with van der Waals surface area (Å²) >= 11 is 12.1. The molecule has 1 N–H and O–H groups in total. The second-order valence-electron chi connectivity index (χ2n) is 6.32. The Morgan fingerprint density at radius 2 is 1.81 bits per heavy atom. The highest BCUT2D eigenvalue weighted by Crippen LogP contribution is 2.29. The highest BCUT2D eigenvalue weighted by Gasteiger charge is 2.09. The van der Waals surface area contributed by atoms with Gasteiger partial charge >= 0.3 is 0 Å². The molecule has 3 nitrogen and oxygen atoms in total. The molecule has 0 saturated heterocycles. The molecule has 0 atom stereocenters. The summed E-state index contributed by atoms with van der Waals surface area (Å²) in [6.45, 7) is 2.82. The number of ether oxygens (including phenoxy) is 2. The van der Waals surface area contributed by atoms with Gasteiger partial charge in [0.05, 0.1) is 10.0 Å². The van der Waals surface area contributed by atoms with E-state index in [9.17, 15) is 0 Å². The van der Waals surface area contributed by atoms with Crippen molar-refractivity contribution in [1.29, 1.82) is 0 Å². The third-order valence-electron chi connectivity index (χ3n) is 4.38. The first-order valence-corrected chi connectivity index (χ1v) is 9.71. The number of benzene rings is 3. The van der Waals surface area contributed by atoms with Crippen molar-refractivity contribution in [2.75, 3.05) is 20.3 Å². The van der Waals surface area contributed by atoms with Crippen molar-refractivity contribution in [3.8, 4) is 5.75 Å². The Morgan fingerprint density at radius 3 is 2.63 bits per heavy atom. The molecule has 0 spiro atoms. The van der Waals surface area contributed by atoms with E-state index in [2.05, 4.69) is 29.6 Å². The van der Waals surface area contributed by atoms with Gasteiger partial charge in [0, 0.05) is 25.8 Å². The zero-order chi connectivity index (χ0) is 19.1. The van der Waals surface area contributed by atoms with Crippen molar-refractivity contribution in [2.45, 2.75) is 19.6 Å². The van der Waals surface area contributed by atoms with Crippen molar-refractivity contribution in [1.82, 2.24) is 5.32 Å². The van der Waals surface area contributed by atoms with Crippen LogP contribution in [-0.4, -0.2) is 20.3 Å². The van der Waals surface area contributed by atoms with Crippen LogP contribution < -0.4 is 10.1 Å². The van der Waals surface area contributed by atoms with Gasteiger partial charge in [0.15, 0.2) is 0 Å². The number of rotatable bonds is 9. The third kappa shape index (κ3) is 5.36. The molecule has 0 fully saturated rings. The molecular weight excluding hydrogens is 381 g/mol. The SMILES string of the molecule is COCCCNCc1c(OCc2ccc(Cl)c(Cl)c2)ccc2ccccc12. The Labute approximate surface area is 170 Å². The standard InChI is InChI=1S/C22H23Cl2NO2/c1-26-12-4-11-25-14-19-18-6-3-2-5-17(18)8-10-22(19)27-15-16-7-9-20(23)21(24)13-16/h2-3,5-10,13,25H,4,11-12,14-15H2,1H3. The molecule has 27 heavy (non-hydrogen) atoms. The van der Waals surface area contributed by atoms with Crippen molar-refractivity contribution < 1.29 is 9.47 Å². The topological polar surface area (TPSA) is 30.5 Å². The first-order chi connectivity index (χ1) is 13.2. The van der Waals surface area contributed by atoms with Gasteiger partial charge in [-0.05, 0) is 47.5 Å². The van der Waals surface area contributed by atoms with Gasteiger partial charge in [-0.25, -0.2) is 0 Å². The van der Waals surface area contributed by atoms with E-state index in [1.165, 1.54) is 10.8 Å². The van der Waals surface area contributed by atoms with E-state index in [1.807, 2.05) is 24.3 Å². The largest absolute Gasteiger partial charge is 0.489 e. The maximum atomic E-state index is 6.14. The first kappa shape index (κ1) is 20.0. The number of nitrogens with one attached hydrogen (secondary N) is 1. The molecule has 5 heteroatoms. The number of fused-ring (bicyclic) bond motifs is 1. The van der Waals surface area contributed by atoms with Gasteiger partial charge in [-0.3, -0.25) is 0 Å². The predicted octanol–water partition coefficient (Wildman–Crippen LogP) is 5.85. The molecular formula is C22H23Cl2NO2. The van der Waals surface area contributed by atoms with Gasteiger partial charge in [0.1, 0.15) is 12.4 Å². The van der Waals surface area contributed by atoms with Gasteiger partial charge in [-0.15, -0.1) is 0 Å². The second-order valence-corrected chi connectivity index (χ2v) is 7.14. The highest BCUT2D eigenvalue weighted by molar-refractivity contribution is 6.42. The van der Waals surface area contributed by atoms with Gasteiger partial charge in [-0.1, -0.05) is 59.6 Å². The summed E-state index contributed by atoms with van der Waals surface area (Å²) in [5.74, 6) is 0.874. The Balaban J connectivity index is 1.78. The van der Waals surface area contributed by atoms with Crippen molar-refractivity contribution in [2.24, 2.45) is 0 Å². The van der Waals surface area contributed by atoms with Crippen LogP contribution in [0.1, 0.15) is 17.5 Å². The lowest BCUT2D eigenvalue weighted by atomic mass is 10.0. The first-order valence-electron chi connectivity index (χ1n) is 8.96. The fraction of sp³-hybridized carbons (Fsp3) is 0.273. The average Bonchev–Trinajstić information content (AvgIpc) is 2.69. The molecule has 0 bridgehead atoms. The summed E-state index contributed by atoms with van der Waals surface area (Å²) in [5.41, 5.74) is 2.14. The monoisotopic (exact) mass is 403 g/mol. The van der Waals surface area contributed by atoms with Crippen LogP contribution in [0.4, 0.5) is 0 Å². The van der Waals surface area contributed by atoms with Crippen molar-refractivity contribution >= 4 is 34.0 Å². The lowest BCUT2D eigenvalue weighted by Gasteiger charge is -2.15. The smallest absolute Gasteiger partial charge is 0.124 e. The van der Waals surface area contributed by atoms with Crippen LogP contribution >= 0.6 is 23.2 Å². The van der Waals surface area contributed by atoms with E-state index in [0.717, 1.165) is 43.0 Å². The Morgan fingerprint density at radius 1 is 0.963 bits per heavy atom. The summed E-state index contributed by atoms with van der Waals surface area (Å²) in [6, 6.07) is 18.0. The number of halogens is 2. The van der Waals surface area contributed by atoms with E-state index in [1.54, 1.807) is 13.2 Å². The fourth-order valence-corrected chi connectivity index (χ4v) is 3.30. The normalized spacial score (nSPS) is 11.1. The zero-order valence-electron chi connectivity index (χ0n) is 15.3. The summed E-state index contributed by atoms with van der Waals surface area (Å²) in [5, 5.41) is 6.97. The molecule has 0 aliphatic carbocycles. The molecule has 142 valence electrons. The van der Waals surface area contributed by atoms with Gasteiger partial charge in [0.25, 0.3) is 0 Å². The molecule has 0 aliphatic rings. The van der Waals surface area contributed by atoms with Gasteiger partial charge in [-0.2, -0.15) is 0 Å². The molecule has 0 unspecified atom stereocenters. The Hall–Kier alpha value is -1.78. The Bertz CT molecular complexity index is 899. The van der Waals surface area contributed by atoms with Crippen LogP contribution in [0.3, 0.4) is 0 Å². The van der Waals surface area contributed by atoms with Crippen LogP contribution in [0.5, 0.6) is 5.75 Å². The number of hydrogen-bond acceptors (Lipinski definition) is 3. The van der Waals surface area contributed by atoms with E-state index in [-0.39, 0.29) is 0 Å². The van der Waals surface area contributed by atoms with Gasteiger partial charge in [0.2, 0.25) is 0 Å². The summed E-state index contributed by atoms with van der Waals surface area (Å²) in [4.78, 5) is 0. The molecule has 0 saturated carbocycles. The number of hydrogen-bond donors (Lipinski definition) is 1. The predicted molar refractivity (Wildman–Crippen MR) is 113 cm³/mol. The van der Waals surface area contributed by atoms with E-state index < -0.39 is 0 Å². The third-order valence-corrected chi connectivity index (χ3v) is 5.12. The molecule has 3 aromatic carbocycles. The van der Waals surface area contributed by atoms with E-state index in [0.29, 0.717) is 16.7 Å². The molecule has 0 heterocycles. The molecule has 3 rings (SSSR count). The Kier molecular flexibility index (Phi) is 7.36. The quantitative estimate of drug-likeness (QED) is 0.454. The van der Waals surface area contributed by atoms with Crippen LogP contribution in [0.25, 0.3) is 10.8 Å². The van der Waals surface area contributed by atoms with E-state index in [4.69, 9.17) is 32.7 Å². The number of methoxy groups -OCH3 is 1. The van der Waals surface area contributed by atoms with Crippen molar-refractivity contribution in [3.05, 3.63) is 75.8 Å². The maximum Gasteiger partial charge on any atom is 0.124 e. The molecule has 3 aromatic rings. The summed E-state index contributed by atoms with van der Waals surface area (Å²) in [7, 11) is 1.72. The van der Waals surface area contributed by atoms with E-state index >= 15 is 0 Å². The van der Waals surface area contributed by atoms with Crippen LogP contribution in [0.2, 0.25) is 10.0 Å². The average molecular weight is 404 g/mol. The molecule has 0 radical (unpaired) electrons.